The monoisotopic (exact) mass is 313 g/mol. The van der Waals surface area contributed by atoms with E-state index in [2.05, 4.69) is 38.1 Å². The number of hydrogen-bond acceptors (Lipinski definition) is 6. The summed E-state index contributed by atoms with van der Waals surface area (Å²) in [6, 6.07) is 5.97. The molecule has 0 saturated carbocycles. The van der Waals surface area contributed by atoms with Gasteiger partial charge in [0.1, 0.15) is 11.8 Å². The highest BCUT2D eigenvalue weighted by Gasteiger charge is 2.16. The first-order valence-electron chi connectivity index (χ1n) is 7.49. The SMILES string of the molecule is Cc1nc(CN2CCCN(c3ccnc(C#N)c3)CC2)cs1. The summed E-state index contributed by atoms with van der Waals surface area (Å²) in [7, 11) is 0. The maximum atomic E-state index is 8.98. The molecule has 0 atom stereocenters. The van der Waals surface area contributed by atoms with Crippen LogP contribution < -0.4 is 4.90 Å². The molecule has 6 heteroatoms. The molecule has 0 amide bonds. The molecule has 2 aromatic heterocycles. The van der Waals surface area contributed by atoms with Crippen molar-refractivity contribution in [3.05, 3.63) is 40.1 Å². The molecule has 0 aromatic carbocycles. The van der Waals surface area contributed by atoms with Gasteiger partial charge in [-0.25, -0.2) is 9.97 Å². The number of pyridine rings is 1. The van der Waals surface area contributed by atoms with E-state index in [1.54, 1.807) is 17.5 Å². The van der Waals surface area contributed by atoms with Gasteiger partial charge < -0.3 is 4.90 Å². The average molecular weight is 313 g/mol. The number of thiazole rings is 1. The first kappa shape index (κ1) is 14.9. The van der Waals surface area contributed by atoms with E-state index in [4.69, 9.17) is 5.26 Å². The van der Waals surface area contributed by atoms with Crippen LogP contribution >= 0.6 is 11.3 Å². The van der Waals surface area contributed by atoms with Crippen LogP contribution in [0.15, 0.2) is 23.7 Å². The van der Waals surface area contributed by atoms with Crippen molar-refractivity contribution in [1.82, 2.24) is 14.9 Å². The van der Waals surface area contributed by atoms with E-state index >= 15 is 0 Å². The van der Waals surface area contributed by atoms with E-state index in [0.29, 0.717) is 5.69 Å². The number of aromatic nitrogens is 2. The normalized spacial score (nSPS) is 16.3. The fourth-order valence-corrected chi connectivity index (χ4v) is 3.38. The smallest absolute Gasteiger partial charge is 0.142 e. The van der Waals surface area contributed by atoms with Crippen LogP contribution in [0, 0.1) is 18.3 Å². The topological polar surface area (TPSA) is 56.1 Å². The van der Waals surface area contributed by atoms with Crippen molar-refractivity contribution in [3.8, 4) is 6.07 Å². The standard InChI is InChI=1S/C16H19N5S/c1-13-19-15(12-22-13)11-20-5-2-6-21(8-7-20)16-3-4-18-14(9-16)10-17/h3-4,9,12H,2,5-8,11H2,1H3. The Morgan fingerprint density at radius 2 is 2.23 bits per heavy atom. The van der Waals surface area contributed by atoms with Gasteiger partial charge in [-0.15, -0.1) is 11.3 Å². The highest BCUT2D eigenvalue weighted by atomic mass is 32.1. The van der Waals surface area contributed by atoms with Crippen LogP contribution in [0.4, 0.5) is 5.69 Å². The molecule has 3 heterocycles. The number of hydrogen-bond donors (Lipinski definition) is 0. The van der Waals surface area contributed by atoms with Crippen LogP contribution in [0.5, 0.6) is 0 Å². The van der Waals surface area contributed by atoms with Gasteiger partial charge >= 0.3 is 0 Å². The van der Waals surface area contributed by atoms with E-state index in [9.17, 15) is 0 Å². The zero-order chi connectivity index (χ0) is 15.4. The number of nitriles is 1. The predicted molar refractivity (Wildman–Crippen MR) is 87.9 cm³/mol. The summed E-state index contributed by atoms with van der Waals surface area (Å²) < 4.78 is 0. The van der Waals surface area contributed by atoms with Gasteiger partial charge in [0.05, 0.1) is 10.7 Å². The first-order valence-corrected chi connectivity index (χ1v) is 8.37. The zero-order valence-electron chi connectivity index (χ0n) is 12.7. The van der Waals surface area contributed by atoms with E-state index in [-0.39, 0.29) is 0 Å². The molecule has 0 N–H and O–H groups in total. The number of aryl methyl sites for hydroxylation is 1. The van der Waals surface area contributed by atoms with E-state index in [1.165, 1.54) is 5.69 Å². The van der Waals surface area contributed by atoms with Gasteiger partial charge in [0.2, 0.25) is 0 Å². The second kappa shape index (κ2) is 6.86. The van der Waals surface area contributed by atoms with Crippen molar-refractivity contribution in [2.45, 2.75) is 19.9 Å². The Hall–Kier alpha value is -1.97. The quantitative estimate of drug-likeness (QED) is 0.871. The summed E-state index contributed by atoms with van der Waals surface area (Å²) in [6.07, 6.45) is 2.84. The van der Waals surface area contributed by atoms with E-state index in [0.717, 1.165) is 49.8 Å². The van der Waals surface area contributed by atoms with Crippen LogP contribution in [0.2, 0.25) is 0 Å². The molecule has 114 valence electrons. The number of rotatable bonds is 3. The molecule has 0 aliphatic carbocycles. The van der Waals surface area contributed by atoms with Gasteiger partial charge in [0.25, 0.3) is 0 Å². The fraction of sp³-hybridized carbons (Fsp3) is 0.438. The number of nitrogens with zero attached hydrogens (tertiary/aromatic N) is 5. The Morgan fingerprint density at radius 1 is 1.32 bits per heavy atom. The lowest BCUT2D eigenvalue weighted by Gasteiger charge is -2.23. The van der Waals surface area contributed by atoms with Crippen molar-refractivity contribution in [1.29, 1.82) is 5.26 Å². The lowest BCUT2D eigenvalue weighted by atomic mass is 10.3. The van der Waals surface area contributed by atoms with Gasteiger partial charge in [-0.3, -0.25) is 4.90 Å². The molecule has 0 bridgehead atoms. The minimum absolute atomic E-state index is 0.483. The first-order chi connectivity index (χ1) is 10.7. The maximum absolute atomic E-state index is 8.98. The third-order valence-electron chi connectivity index (χ3n) is 3.86. The Balaban J connectivity index is 1.63. The van der Waals surface area contributed by atoms with Crippen LogP contribution in [0.25, 0.3) is 0 Å². The summed E-state index contributed by atoms with van der Waals surface area (Å²) in [5, 5.41) is 12.3. The van der Waals surface area contributed by atoms with E-state index < -0.39 is 0 Å². The largest absolute Gasteiger partial charge is 0.370 e. The van der Waals surface area contributed by atoms with Crippen molar-refractivity contribution >= 4 is 17.0 Å². The molecular weight excluding hydrogens is 294 g/mol. The minimum Gasteiger partial charge on any atom is -0.370 e. The molecule has 22 heavy (non-hydrogen) atoms. The molecule has 2 aromatic rings. The number of anilines is 1. The van der Waals surface area contributed by atoms with Crippen molar-refractivity contribution in [3.63, 3.8) is 0 Å². The van der Waals surface area contributed by atoms with E-state index in [1.807, 2.05) is 12.1 Å². The summed E-state index contributed by atoms with van der Waals surface area (Å²) in [5.74, 6) is 0. The Kier molecular flexibility index (Phi) is 4.66. The van der Waals surface area contributed by atoms with Gasteiger partial charge in [-0.05, 0) is 25.5 Å². The van der Waals surface area contributed by atoms with Crippen molar-refractivity contribution < 1.29 is 0 Å². The van der Waals surface area contributed by atoms with Gasteiger partial charge in [0.15, 0.2) is 0 Å². The third kappa shape index (κ3) is 3.62. The van der Waals surface area contributed by atoms with Crippen LogP contribution in [-0.4, -0.2) is 41.0 Å². The molecule has 5 nitrogen and oxygen atoms in total. The summed E-state index contributed by atoms with van der Waals surface area (Å²) >= 11 is 1.71. The molecule has 1 aliphatic rings. The van der Waals surface area contributed by atoms with Gasteiger partial charge in [-0.2, -0.15) is 5.26 Å². The molecule has 1 saturated heterocycles. The second-order valence-electron chi connectivity index (χ2n) is 5.49. The van der Waals surface area contributed by atoms with Crippen LogP contribution in [-0.2, 0) is 6.54 Å². The van der Waals surface area contributed by atoms with Crippen molar-refractivity contribution in [2.75, 3.05) is 31.1 Å². The fourth-order valence-electron chi connectivity index (χ4n) is 2.77. The van der Waals surface area contributed by atoms with Crippen LogP contribution in [0.3, 0.4) is 0 Å². The highest BCUT2D eigenvalue weighted by molar-refractivity contribution is 7.09. The molecule has 0 radical (unpaired) electrons. The minimum atomic E-state index is 0.483. The van der Waals surface area contributed by atoms with Gasteiger partial charge in [0, 0.05) is 50.0 Å². The Bertz CT molecular complexity index is 675. The molecule has 3 rings (SSSR count). The molecule has 0 unspecified atom stereocenters. The van der Waals surface area contributed by atoms with Crippen molar-refractivity contribution in [2.24, 2.45) is 0 Å². The van der Waals surface area contributed by atoms with Crippen LogP contribution in [0.1, 0.15) is 22.8 Å². The Labute approximate surface area is 134 Å². The maximum Gasteiger partial charge on any atom is 0.142 e. The lowest BCUT2D eigenvalue weighted by Crippen LogP contribution is -2.30. The highest BCUT2D eigenvalue weighted by Crippen LogP contribution is 2.18. The molecule has 1 aliphatic heterocycles. The second-order valence-corrected chi connectivity index (χ2v) is 6.55. The molecular formula is C16H19N5S. The predicted octanol–water partition coefficient (Wildman–Crippen LogP) is 2.43. The third-order valence-corrected chi connectivity index (χ3v) is 4.69. The molecule has 0 spiro atoms. The molecule has 1 fully saturated rings. The zero-order valence-corrected chi connectivity index (χ0v) is 13.5. The summed E-state index contributed by atoms with van der Waals surface area (Å²) in [4.78, 5) is 13.4. The summed E-state index contributed by atoms with van der Waals surface area (Å²) in [5.41, 5.74) is 2.75. The summed E-state index contributed by atoms with van der Waals surface area (Å²) in [6.45, 7) is 7.07. The van der Waals surface area contributed by atoms with Gasteiger partial charge in [-0.1, -0.05) is 0 Å². The average Bonchev–Trinajstić information content (AvgIpc) is 2.81. The lowest BCUT2D eigenvalue weighted by molar-refractivity contribution is 0.282. The Morgan fingerprint density at radius 3 is 3.00 bits per heavy atom.